The van der Waals surface area contributed by atoms with E-state index in [4.69, 9.17) is 11.5 Å². The first-order valence-electron chi connectivity index (χ1n) is 6.28. The predicted octanol–water partition coefficient (Wildman–Crippen LogP) is 1.91. The molecule has 0 saturated carbocycles. The number of nitrogens with zero attached hydrogens (tertiary/aromatic N) is 1. The SMILES string of the molecule is CCN(CC)C(N)(CC)C(N)(CC)CC. The first-order chi connectivity index (χ1) is 6.95. The lowest BCUT2D eigenvalue weighted by atomic mass is 9.77. The smallest absolute Gasteiger partial charge is 0.0869 e. The van der Waals surface area contributed by atoms with Crippen LogP contribution in [0.15, 0.2) is 0 Å². The fourth-order valence-electron chi connectivity index (χ4n) is 2.54. The van der Waals surface area contributed by atoms with E-state index >= 15 is 0 Å². The third-order valence-electron chi connectivity index (χ3n) is 3.99. The molecule has 3 heteroatoms. The van der Waals surface area contributed by atoms with Crippen LogP contribution < -0.4 is 11.5 Å². The molecule has 0 amide bonds. The summed E-state index contributed by atoms with van der Waals surface area (Å²) in [6.45, 7) is 12.6. The summed E-state index contributed by atoms with van der Waals surface area (Å²) in [5.41, 5.74) is 12.4. The Morgan fingerprint density at radius 3 is 1.40 bits per heavy atom. The largest absolute Gasteiger partial charge is 0.322 e. The molecule has 0 fully saturated rings. The summed E-state index contributed by atoms with van der Waals surface area (Å²) in [7, 11) is 0. The lowest BCUT2D eigenvalue weighted by molar-refractivity contribution is 0.0155. The van der Waals surface area contributed by atoms with Crippen molar-refractivity contribution >= 4 is 0 Å². The van der Waals surface area contributed by atoms with Gasteiger partial charge in [-0.2, -0.15) is 0 Å². The van der Waals surface area contributed by atoms with Gasteiger partial charge in [0.05, 0.1) is 5.66 Å². The highest BCUT2D eigenvalue weighted by atomic mass is 15.3. The maximum Gasteiger partial charge on any atom is 0.0869 e. The molecule has 0 aliphatic rings. The molecule has 0 bridgehead atoms. The Kier molecular flexibility index (Phi) is 5.78. The van der Waals surface area contributed by atoms with Gasteiger partial charge >= 0.3 is 0 Å². The molecule has 1 atom stereocenters. The fraction of sp³-hybridized carbons (Fsp3) is 1.00. The first kappa shape index (κ1) is 14.9. The monoisotopic (exact) mass is 215 g/mol. The third kappa shape index (κ3) is 2.52. The van der Waals surface area contributed by atoms with Gasteiger partial charge in [0.15, 0.2) is 0 Å². The highest BCUT2D eigenvalue weighted by molar-refractivity contribution is 5.04. The van der Waals surface area contributed by atoms with E-state index < -0.39 is 0 Å². The van der Waals surface area contributed by atoms with E-state index in [0.717, 1.165) is 32.4 Å². The Morgan fingerprint density at radius 2 is 1.20 bits per heavy atom. The summed E-state index contributed by atoms with van der Waals surface area (Å²) in [4.78, 5) is 2.29. The Balaban J connectivity index is 5.12. The topological polar surface area (TPSA) is 55.3 Å². The van der Waals surface area contributed by atoms with Crippen molar-refractivity contribution in [1.29, 1.82) is 0 Å². The molecular weight excluding hydrogens is 186 g/mol. The molecule has 3 nitrogen and oxygen atoms in total. The summed E-state index contributed by atoms with van der Waals surface area (Å²) in [5.74, 6) is 0. The zero-order valence-electron chi connectivity index (χ0n) is 11.1. The van der Waals surface area contributed by atoms with Crippen LogP contribution in [0.3, 0.4) is 0 Å². The minimum absolute atomic E-state index is 0.284. The Hall–Kier alpha value is -0.120. The minimum atomic E-state index is -0.375. The quantitative estimate of drug-likeness (QED) is 0.638. The van der Waals surface area contributed by atoms with Gasteiger partial charge in [-0.15, -0.1) is 0 Å². The predicted molar refractivity (Wildman–Crippen MR) is 67.6 cm³/mol. The number of nitrogens with two attached hydrogens (primary N) is 2. The van der Waals surface area contributed by atoms with Crippen molar-refractivity contribution < 1.29 is 0 Å². The third-order valence-corrected chi connectivity index (χ3v) is 3.99. The number of rotatable bonds is 7. The van der Waals surface area contributed by atoms with Gasteiger partial charge in [0.2, 0.25) is 0 Å². The summed E-state index contributed by atoms with van der Waals surface area (Å²) in [6, 6.07) is 0. The van der Waals surface area contributed by atoms with Crippen LogP contribution in [0.4, 0.5) is 0 Å². The van der Waals surface area contributed by atoms with Crippen molar-refractivity contribution in [2.45, 2.75) is 65.1 Å². The van der Waals surface area contributed by atoms with Crippen LogP contribution in [-0.4, -0.2) is 29.2 Å². The second kappa shape index (κ2) is 5.83. The van der Waals surface area contributed by atoms with Crippen molar-refractivity contribution in [2.75, 3.05) is 13.1 Å². The van der Waals surface area contributed by atoms with E-state index in [-0.39, 0.29) is 11.2 Å². The summed E-state index contributed by atoms with van der Waals surface area (Å²) >= 11 is 0. The average Bonchev–Trinajstić information content (AvgIpc) is 2.28. The maximum absolute atomic E-state index is 6.56. The van der Waals surface area contributed by atoms with Crippen molar-refractivity contribution in [2.24, 2.45) is 11.5 Å². The molecule has 1 unspecified atom stereocenters. The van der Waals surface area contributed by atoms with Crippen LogP contribution in [0.5, 0.6) is 0 Å². The van der Waals surface area contributed by atoms with E-state index in [1.54, 1.807) is 0 Å². The van der Waals surface area contributed by atoms with Gasteiger partial charge in [-0.1, -0.05) is 34.6 Å². The molecule has 0 aromatic rings. The standard InChI is InChI=1S/C12H29N3/c1-6-11(13,7-2)12(14,8-3)15(9-4)10-5/h6-10,13-14H2,1-5H3. The molecule has 15 heavy (non-hydrogen) atoms. The van der Waals surface area contributed by atoms with Crippen molar-refractivity contribution in [3.63, 3.8) is 0 Å². The average molecular weight is 215 g/mol. The van der Waals surface area contributed by atoms with Gasteiger partial charge in [-0.3, -0.25) is 4.90 Å². The van der Waals surface area contributed by atoms with Gasteiger partial charge in [-0.25, -0.2) is 0 Å². The highest BCUT2D eigenvalue weighted by Gasteiger charge is 2.45. The van der Waals surface area contributed by atoms with Gasteiger partial charge < -0.3 is 11.5 Å². The molecule has 0 aliphatic heterocycles. The molecule has 92 valence electrons. The molecule has 4 N–H and O–H groups in total. The van der Waals surface area contributed by atoms with Crippen LogP contribution >= 0.6 is 0 Å². The van der Waals surface area contributed by atoms with Gasteiger partial charge in [0.1, 0.15) is 0 Å². The molecule has 0 radical (unpaired) electrons. The lowest BCUT2D eigenvalue weighted by Crippen LogP contribution is -2.73. The first-order valence-corrected chi connectivity index (χ1v) is 6.28. The van der Waals surface area contributed by atoms with Gasteiger partial charge in [-0.05, 0) is 32.4 Å². The summed E-state index contributed by atoms with van der Waals surface area (Å²) < 4.78 is 0. The zero-order chi connectivity index (χ0) is 12.1. The molecule has 0 rings (SSSR count). The van der Waals surface area contributed by atoms with Crippen molar-refractivity contribution in [3.05, 3.63) is 0 Å². The van der Waals surface area contributed by atoms with Gasteiger partial charge in [0, 0.05) is 5.54 Å². The summed E-state index contributed by atoms with van der Waals surface area (Å²) in [5, 5.41) is 0. The Morgan fingerprint density at radius 1 is 0.800 bits per heavy atom. The summed E-state index contributed by atoms with van der Waals surface area (Å²) in [6.07, 6.45) is 2.74. The van der Waals surface area contributed by atoms with E-state index in [1.807, 2.05) is 0 Å². The van der Waals surface area contributed by atoms with Crippen LogP contribution in [0.2, 0.25) is 0 Å². The van der Waals surface area contributed by atoms with E-state index in [9.17, 15) is 0 Å². The molecule has 0 aliphatic carbocycles. The normalized spacial score (nSPS) is 16.8. The molecule has 0 spiro atoms. The Bertz CT molecular complexity index is 174. The molecular formula is C12H29N3. The molecule has 0 aromatic heterocycles. The van der Waals surface area contributed by atoms with Gasteiger partial charge in [0.25, 0.3) is 0 Å². The van der Waals surface area contributed by atoms with Crippen molar-refractivity contribution in [3.8, 4) is 0 Å². The van der Waals surface area contributed by atoms with E-state index in [1.165, 1.54) is 0 Å². The molecule has 0 saturated heterocycles. The van der Waals surface area contributed by atoms with Crippen LogP contribution in [0.1, 0.15) is 53.9 Å². The van der Waals surface area contributed by atoms with E-state index in [2.05, 4.69) is 39.5 Å². The second-order valence-electron chi connectivity index (χ2n) is 4.31. The van der Waals surface area contributed by atoms with Crippen LogP contribution in [0.25, 0.3) is 0 Å². The number of likely N-dealkylation sites (N-methyl/N-ethyl adjacent to an activating group) is 1. The van der Waals surface area contributed by atoms with Crippen molar-refractivity contribution in [1.82, 2.24) is 4.90 Å². The number of hydrogen-bond acceptors (Lipinski definition) is 3. The highest BCUT2D eigenvalue weighted by Crippen LogP contribution is 2.30. The number of hydrogen-bond donors (Lipinski definition) is 2. The molecule has 0 aromatic carbocycles. The maximum atomic E-state index is 6.56. The van der Waals surface area contributed by atoms with E-state index in [0.29, 0.717) is 0 Å². The zero-order valence-corrected chi connectivity index (χ0v) is 11.1. The van der Waals surface area contributed by atoms with Crippen LogP contribution in [0, 0.1) is 0 Å². The Labute approximate surface area is 95.2 Å². The van der Waals surface area contributed by atoms with Crippen LogP contribution in [-0.2, 0) is 0 Å². The minimum Gasteiger partial charge on any atom is -0.322 e. The molecule has 0 heterocycles. The second-order valence-corrected chi connectivity index (χ2v) is 4.31. The lowest BCUT2D eigenvalue weighted by Gasteiger charge is -2.51. The fourth-order valence-corrected chi connectivity index (χ4v) is 2.54.